The summed E-state index contributed by atoms with van der Waals surface area (Å²) in [5, 5.41) is 0. The summed E-state index contributed by atoms with van der Waals surface area (Å²) < 4.78 is 0. The van der Waals surface area contributed by atoms with E-state index in [0.29, 0.717) is 0 Å². The van der Waals surface area contributed by atoms with Gasteiger partial charge in [0.15, 0.2) is 0 Å². The van der Waals surface area contributed by atoms with E-state index in [1.54, 1.807) is 4.90 Å². The largest absolute Gasteiger partial charge is 0.368 e. The van der Waals surface area contributed by atoms with Gasteiger partial charge in [0.1, 0.15) is 0 Å². The Morgan fingerprint density at radius 3 is 2.29 bits per heavy atom. The highest BCUT2D eigenvalue weighted by Gasteiger charge is 2.32. The predicted octanol–water partition coefficient (Wildman–Crippen LogP) is 0.258. The van der Waals surface area contributed by atoms with Gasteiger partial charge in [0.05, 0.1) is 6.54 Å². The van der Waals surface area contributed by atoms with Crippen LogP contribution in [0.4, 0.5) is 0 Å². The fraction of sp³-hybridized carbons (Fsp3) is 0.818. The minimum absolute atomic E-state index is 0. The number of rotatable bonds is 4. The SMILES string of the molecule is CC(C)N(CC(N)=O)C(=O)C1CCC(N)C1.Cl. The Balaban J connectivity index is 0.00000256. The standard InChI is InChI=1S/C11H21N3O2.ClH/c1-7(2)14(6-10(13)15)11(16)8-3-4-9(12)5-8;/h7-9H,3-6,12H2,1-2H3,(H2,13,15);1H. The molecular weight excluding hydrogens is 242 g/mol. The number of primary amides is 1. The average molecular weight is 264 g/mol. The normalized spacial score (nSPS) is 23.3. The van der Waals surface area contributed by atoms with Gasteiger partial charge in [-0.05, 0) is 33.1 Å². The molecule has 2 unspecified atom stereocenters. The van der Waals surface area contributed by atoms with Gasteiger partial charge in [0, 0.05) is 18.0 Å². The molecule has 0 bridgehead atoms. The lowest BCUT2D eigenvalue weighted by atomic mass is 10.1. The van der Waals surface area contributed by atoms with Crippen LogP contribution in [0, 0.1) is 5.92 Å². The molecule has 1 aliphatic rings. The van der Waals surface area contributed by atoms with Crippen LogP contribution in [0.15, 0.2) is 0 Å². The highest BCUT2D eigenvalue weighted by molar-refractivity contribution is 5.85. The average Bonchev–Trinajstić information content (AvgIpc) is 2.59. The molecule has 2 atom stereocenters. The highest BCUT2D eigenvalue weighted by atomic mass is 35.5. The quantitative estimate of drug-likeness (QED) is 0.762. The molecular formula is C11H22ClN3O2. The van der Waals surface area contributed by atoms with Crippen LogP contribution in [0.3, 0.4) is 0 Å². The molecule has 100 valence electrons. The molecule has 0 heterocycles. The topological polar surface area (TPSA) is 89.4 Å². The molecule has 0 spiro atoms. The van der Waals surface area contributed by atoms with Gasteiger partial charge in [0.2, 0.25) is 11.8 Å². The van der Waals surface area contributed by atoms with E-state index in [-0.39, 0.29) is 42.9 Å². The molecule has 2 amide bonds. The Bertz CT molecular complexity index is 284. The smallest absolute Gasteiger partial charge is 0.237 e. The van der Waals surface area contributed by atoms with E-state index >= 15 is 0 Å². The van der Waals surface area contributed by atoms with Crippen molar-refractivity contribution in [2.24, 2.45) is 17.4 Å². The second-order valence-corrected chi connectivity index (χ2v) is 4.80. The first kappa shape index (κ1) is 16.2. The summed E-state index contributed by atoms with van der Waals surface area (Å²) in [5.74, 6) is -0.483. The zero-order valence-corrected chi connectivity index (χ0v) is 11.2. The van der Waals surface area contributed by atoms with Crippen LogP contribution in [-0.2, 0) is 9.59 Å². The molecule has 0 aliphatic heterocycles. The molecule has 0 aromatic carbocycles. The van der Waals surface area contributed by atoms with Gasteiger partial charge in [0.25, 0.3) is 0 Å². The van der Waals surface area contributed by atoms with Crippen LogP contribution in [0.25, 0.3) is 0 Å². The second kappa shape index (κ2) is 6.81. The van der Waals surface area contributed by atoms with Crippen molar-refractivity contribution in [3.63, 3.8) is 0 Å². The minimum Gasteiger partial charge on any atom is -0.368 e. The van der Waals surface area contributed by atoms with E-state index in [1.165, 1.54) is 0 Å². The zero-order valence-electron chi connectivity index (χ0n) is 10.4. The number of halogens is 1. The number of nitrogens with two attached hydrogens (primary N) is 2. The molecule has 1 saturated carbocycles. The summed E-state index contributed by atoms with van der Waals surface area (Å²) in [6, 6.07) is 0.119. The van der Waals surface area contributed by atoms with E-state index in [2.05, 4.69) is 0 Å². The number of nitrogens with zero attached hydrogens (tertiary/aromatic N) is 1. The fourth-order valence-corrected chi connectivity index (χ4v) is 2.16. The number of carbonyl (C=O) groups is 2. The maximum atomic E-state index is 12.1. The van der Waals surface area contributed by atoms with Crippen LogP contribution in [0.2, 0.25) is 0 Å². The molecule has 1 aliphatic carbocycles. The van der Waals surface area contributed by atoms with Crippen LogP contribution in [0.5, 0.6) is 0 Å². The van der Waals surface area contributed by atoms with Crippen LogP contribution < -0.4 is 11.5 Å². The Morgan fingerprint density at radius 2 is 1.94 bits per heavy atom. The number of hydrogen-bond acceptors (Lipinski definition) is 3. The third-order valence-electron chi connectivity index (χ3n) is 3.06. The van der Waals surface area contributed by atoms with Crippen molar-refractivity contribution < 1.29 is 9.59 Å². The van der Waals surface area contributed by atoms with Crippen LogP contribution in [0.1, 0.15) is 33.1 Å². The summed E-state index contributed by atoms with van der Waals surface area (Å²) in [4.78, 5) is 24.6. The molecule has 0 aromatic rings. The second-order valence-electron chi connectivity index (χ2n) is 4.80. The molecule has 17 heavy (non-hydrogen) atoms. The van der Waals surface area contributed by atoms with Crippen molar-refractivity contribution in [2.45, 2.75) is 45.2 Å². The van der Waals surface area contributed by atoms with E-state index < -0.39 is 5.91 Å². The van der Waals surface area contributed by atoms with Crippen molar-refractivity contribution in [3.05, 3.63) is 0 Å². The Labute approximate surface area is 108 Å². The summed E-state index contributed by atoms with van der Waals surface area (Å²) in [6.07, 6.45) is 2.43. The first-order chi connectivity index (χ1) is 7.41. The molecule has 0 saturated heterocycles. The first-order valence-electron chi connectivity index (χ1n) is 5.76. The van der Waals surface area contributed by atoms with Gasteiger partial charge < -0.3 is 16.4 Å². The van der Waals surface area contributed by atoms with Crippen molar-refractivity contribution in [1.82, 2.24) is 4.90 Å². The van der Waals surface area contributed by atoms with E-state index in [9.17, 15) is 9.59 Å². The van der Waals surface area contributed by atoms with Crippen molar-refractivity contribution in [2.75, 3.05) is 6.54 Å². The zero-order chi connectivity index (χ0) is 12.3. The summed E-state index contributed by atoms with van der Waals surface area (Å²) in [5.41, 5.74) is 10.9. The molecule has 4 N–H and O–H groups in total. The molecule has 6 heteroatoms. The van der Waals surface area contributed by atoms with Gasteiger partial charge in [-0.2, -0.15) is 0 Å². The van der Waals surface area contributed by atoms with E-state index in [4.69, 9.17) is 11.5 Å². The highest BCUT2D eigenvalue weighted by Crippen LogP contribution is 2.26. The van der Waals surface area contributed by atoms with Gasteiger partial charge >= 0.3 is 0 Å². The maximum Gasteiger partial charge on any atom is 0.237 e. The minimum atomic E-state index is -0.468. The van der Waals surface area contributed by atoms with Crippen molar-refractivity contribution in [1.29, 1.82) is 0 Å². The Hall–Kier alpha value is -0.810. The number of hydrogen-bond donors (Lipinski definition) is 2. The van der Waals surface area contributed by atoms with E-state index in [0.717, 1.165) is 19.3 Å². The summed E-state index contributed by atoms with van der Waals surface area (Å²) in [7, 11) is 0. The Morgan fingerprint density at radius 1 is 1.35 bits per heavy atom. The molecule has 0 aromatic heterocycles. The lowest BCUT2D eigenvalue weighted by Gasteiger charge is -2.28. The predicted molar refractivity (Wildman–Crippen MR) is 68.6 cm³/mol. The molecule has 0 radical (unpaired) electrons. The molecule has 1 rings (SSSR count). The van der Waals surface area contributed by atoms with Gasteiger partial charge in [-0.3, -0.25) is 9.59 Å². The summed E-state index contributed by atoms with van der Waals surface area (Å²) in [6.45, 7) is 3.77. The van der Waals surface area contributed by atoms with Gasteiger partial charge in [-0.15, -0.1) is 12.4 Å². The Kier molecular flexibility index (Phi) is 6.49. The monoisotopic (exact) mass is 263 g/mol. The number of carbonyl (C=O) groups excluding carboxylic acids is 2. The number of amides is 2. The lowest BCUT2D eigenvalue weighted by Crippen LogP contribution is -2.45. The third-order valence-corrected chi connectivity index (χ3v) is 3.06. The maximum absolute atomic E-state index is 12.1. The van der Waals surface area contributed by atoms with Crippen molar-refractivity contribution in [3.8, 4) is 0 Å². The van der Waals surface area contributed by atoms with Crippen LogP contribution in [-0.4, -0.2) is 35.3 Å². The van der Waals surface area contributed by atoms with Crippen molar-refractivity contribution >= 4 is 24.2 Å². The lowest BCUT2D eigenvalue weighted by molar-refractivity contribution is -0.140. The summed E-state index contributed by atoms with van der Waals surface area (Å²) >= 11 is 0. The third kappa shape index (κ3) is 4.52. The fourth-order valence-electron chi connectivity index (χ4n) is 2.16. The molecule has 5 nitrogen and oxygen atoms in total. The van der Waals surface area contributed by atoms with Crippen LogP contribution >= 0.6 is 12.4 Å². The van der Waals surface area contributed by atoms with E-state index in [1.807, 2.05) is 13.8 Å². The van der Waals surface area contributed by atoms with Gasteiger partial charge in [-0.25, -0.2) is 0 Å². The molecule has 1 fully saturated rings. The first-order valence-corrected chi connectivity index (χ1v) is 5.76. The van der Waals surface area contributed by atoms with Gasteiger partial charge in [-0.1, -0.05) is 0 Å².